The minimum Gasteiger partial charge on any atom is -0.495 e. The van der Waals surface area contributed by atoms with Crippen molar-refractivity contribution in [3.8, 4) is 5.75 Å². The maximum Gasteiger partial charge on any atom is 0.416 e. The maximum atomic E-state index is 12.7. The number of carbonyl (C=O) groups is 1. The summed E-state index contributed by atoms with van der Waals surface area (Å²) in [6, 6.07) is 7.46. The van der Waals surface area contributed by atoms with Gasteiger partial charge in [-0.15, -0.1) is 0 Å². The third-order valence-electron chi connectivity index (χ3n) is 3.18. The second-order valence-corrected chi connectivity index (χ2v) is 6.47. The van der Waals surface area contributed by atoms with Gasteiger partial charge in [0.2, 0.25) is 10.0 Å². The van der Waals surface area contributed by atoms with Crippen LogP contribution >= 0.6 is 0 Å². The van der Waals surface area contributed by atoms with Gasteiger partial charge in [0.15, 0.2) is 0 Å². The van der Waals surface area contributed by atoms with E-state index >= 15 is 0 Å². The molecule has 0 aliphatic heterocycles. The van der Waals surface area contributed by atoms with Gasteiger partial charge in [-0.05, 0) is 30.3 Å². The van der Waals surface area contributed by atoms with Crippen LogP contribution in [0.3, 0.4) is 0 Å². The Kier molecular flexibility index (Phi) is 5.04. The van der Waals surface area contributed by atoms with Gasteiger partial charge in [-0.2, -0.15) is 13.2 Å². The number of alkyl halides is 3. The van der Waals surface area contributed by atoms with Crippen LogP contribution in [0.5, 0.6) is 5.75 Å². The number of methoxy groups -OCH3 is 1. The van der Waals surface area contributed by atoms with Gasteiger partial charge in [-0.25, -0.2) is 13.6 Å². The van der Waals surface area contributed by atoms with Crippen LogP contribution in [-0.2, 0) is 16.2 Å². The Morgan fingerprint density at radius 3 is 2.40 bits per heavy atom. The Labute approximate surface area is 141 Å². The van der Waals surface area contributed by atoms with Gasteiger partial charge in [0.25, 0.3) is 5.91 Å². The molecule has 3 N–H and O–H groups in total. The van der Waals surface area contributed by atoms with Gasteiger partial charge >= 0.3 is 6.18 Å². The summed E-state index contributed by atoms with van der Waals surface area (Å²) in [6.07, 6.45) is -4.57. The molecule has 10 heteroatoms. The largest absolute Gasteiger partial charge is 0.495 e. The number of hydrogen-bond donors (Lipinski definition) is 2. The Bertz CT molecular complexity index is 911. The van der Waals surface area contributed by atoms with Crippen molar-refractivity contribution < 1.29 is 31.1 Å². The van der Waals surface area contributed by atoms with Crippen molar-refractivity contribution in [3.05, 3.63) is 53.6 Å². The van der Waals surface area contributed by atoms with E-state index in [0.29, 0.717) is 6.07 Å². The minimum absolute atomic E-state index is 0.107. The second kappa shape index (κ2) is 6.73. The van der Waals surface area contributed by atoms with Gasteiger partial charge in [0.1, 0.15) is 10.6 Å². The van der Waals surface area contributed by atoms with Crippen LogP contribution in [0.4, 0.5) is 18.9 Å². The number of rotatable bonds is 4. The molecule has 25 heavy (non-hydrogen) atoms. The first kappa shape index (κ1) is 18.7. The third-order valence-corrected chi connectivity index (χ3v) is 4.13. The molecule has 6 nitrogen and oxygen atoms in total. The van der Waals surface area contributed by atoms with Crippen molar-refractivity contribution >= 4 is 21.6 Å². The first-order chi connectivity index (χ1) is 11.5. The number of primary sulfonamides is 1. The second-order valence-electron chi connectivity index (χ2n) is 4.94. The summed E-state index contributed by atoms with van der Waals surface area (Å²) in [5.41, 5.74) is -1.03. The van der Waals surface area contributed by atoms with Crippen LogP contribution in [0, 0.1) is 0 Å². The number of anilines is 1. The summed E-state index contributed by atoms with van der Waals surface area (Å²) in [6.45, 7) is 0. The lowest BCUT2D eigenvalue weighted by atomic mass is 10.1. The summed E-state index contributed by atoms with van der Waals surface area (Å²) in [4.78, 5) is 11.8. The monoisotopic (exact) mass is 374 g/mol. The number of carbonyl (C=O) groups excluding carboxylic acids is 1. The third kappa shape index (κ3) is 4.48. The Balaban J connectivity index is 2.30. The van der Waals surface area contributed by atoms with Gasteiger partial charge in [-0.3, -0.25) is 4.79 Å². The molecule has 0 bridgehead atoms. The van der Waals surface area contributed by atoms with Crippen molar-refractivity contribution in [2.24, 2.45) is 5.14 Å². The predicted molar refractivity (Wildman–Crippen MR) is 83.8 cm³/mol. The number of halogens is 3. The molecule has 0 saturated carbocycles. The van der Waals surface area contributed by atoms with Crippen LogP contribution in [-0.4, -0.2) is 21.4 Å². The first-order valence-corrected chi connectivity index (χ1v) is 8.26. The molecule has 0 aromatic heterocycles. The zero-order chi connectivity index (χ0) is 18.8. The Morgan fingerprint density at radius 2 is 1.84 bits per heavy atom. The molecule has 134 valence electrons. The van der Waals surface area contributed by atoms with Crippen molar-refractivity contribution in [2.45, 2.75) is 11.1 Å². The van der Waals surface area contributed by atoms with Crippen LogP contribution in [0.25, 0.3) is 0 Å². The Morgan fingerprint density at radius 1 is 1.16 bits per heavy atom. The number of benzene rings is 2. The van der Waals surface area contributed by atoms with Crippen LogP contribution in [0.2, 0.25) is 0 Å². The van der Waals surface area contributed by atoms with E-state index in [1.165, 1.54) is 25.3 Å². The summed E-state index contributed by atoms with van der Waals surface area (Å²) in [5, 5.41) is 7.40. The van der Waals surface area contributed by atoms with E-state index < -0.39 is 27.7 Å². The molecule has 0 atom stereocenters. The zero-order valence-corrected chi connectivity index (χ0v) is 13.6. The molecule has 2 rings (SSSR count). The van der Waals surface area contributed by atoms with E-state index in [1.807, 2.05) is 0 Å². The highest BCUT2D eigenvalue weighted by molar-refractivity contribution is 7.89. The maximum absolute atomic E-state index is 12.7. The normalized spacial score (nSPS) is 11.9. The lowest BCUT2D eigenvalue weighted by molar-refractivity contribution is -0.137. The molecular weight excluding hydrogens is 361 g/mol. The standard InChI is InChI=1S/C15H13F3N2O4S/c1-24-12-8-11(5-6-13(12)25(19,22)23)20-14(21)9-3-2-4-10(7-9)15(16,17)18/h2-8H,1H3,(H,20,21)(H2,19,22,23). The predicted octanol–water partition coefficient (Wildman–Crippen LogP) is 2.61. The van der Waals surface area contributed by atoms with Gasteiger partial charge in [0.05, 0.1) is 12.7 Å². The highest BCUT2D eigenvalue weighted by atomic mass is 32.2. The quantitative estimate of drug-likeness (QED) is 0.859. The van der Waals surface area contributed by atoms with Crippen molar-refractivity contribution in [1.29, 1.82) is 0 Å². The number of amides is 1. The molecule has 0 unspecified atom stereocenters. The fourth-order valence-electron chi connectivity index (χ4n) is 2.02. The molecule has 2 aromatic carbocycles. The van der Waals surface area contributed by atoms with Gasteiger partial charge in [0, 0.05) is 17.3 Å². The average molecular weight is 374 g/mol. The lowest BCUT2D eigenvalue weighted by Crippen LogP contribution is -2.15. The molecule has 0 aliphatic carbocycles. The summed E-state index contributed by atoms with van der Waals surface area (Å²) in [5.74, 6) is -0.902. The molecule has 0 heterocycles. The fraction of sp³-hybridized carbons (Fsp3) is 0.133. The summed E-state index contributed by atoms with van der Waals surface area (Å²) < 4.78 is 65.8. The highest BCUT2D eigenvalue weighted by Gasteiger charge is 2.30. The van der Waals surface area contributed by atoms with Crippen molar-refractivity contribution in [1.82, 2.24) is 0 Å². The minimum atomic E-state index is -4.57. The molecule has 0 saturated heterocycles. The number of ether oxygens (including phenoxy) is 1. The van der Waals surface area contributed by atoms with Gasteiger partial charge in [-0.1, -0.05) is 6.07 Å². The smallest absolute Gasteiger partial charge is 0.416 e. The van der Waals surface area contributed by atoms with E-state index in [2.05, 4.69) is 5.32 Å². The first-order valence-electron chi connectivity index (χ1n) is 6.72. The zero-order valence-electron chi connectivity index (χ0n) is 12.8. The molecule has 0 fully saturated rings. The van der Waals surface area contributed by atoms with Crippen LogP contribution < -0.4 is 15.2 Å². The van der Waals surface area contributed by atoms with E-state index in [4.69, 9.17) is 9.88 Å². The number of hydrogen-bond acceptors (Lipinski definition) is 4. The number of sulfonamides is 1. The number of nitrogens with one attached hydrogen (secondary N) is 1. The highest BCUT2D eigenvalue weighted by Crippen LogP contribution is 2.30. The summed E-state index contributed by atoms with van der Waals surface area (Å²) in [7, 11) is -2.82. The van der Waals surface area contributed by atoms with Crippen LogP contribution in [0.1, 0.15) is 15.9 Å². The van der Waals surface area contributed by atoms with Crippen molar-refractivity contribution in [3.63, 3.8) is 0 Å². The molecule has 1 amide bonds. The molecule has 0 aliphatic rings. The molecule has 2 aromatic rings. The van der Waals surface area contributed by atoms with Crippen LogP contribution in [0.15, 0.2) is 47.4 Å². The van der Waals surface area contributed by atoms with E-state index in [0.717, 1.165) is 18.2 Å². The van der Waals surface area contributed by atoms with E-state index in [-0.39, 0.29) is 21.9 Å². The van der Waals surface area contributed by atoms with E-state index in [1.54, 1.807) is 0 Å². The molecular formula is C15H13F3N2O4S. The van der Waals surface area contributed by atoms with Gasteiger partial charge < -0.3 is 10.1 Å². The van der Waals surface area contributed by atoms with Crippen molar-refractivity contribution in [2.75, 3.05) is 12.4 Å². The van der Waals surface area contributed by atoms with E-state index in [9.17, 15) is 26.4 Å². The Hall–Kier alpha value is -2.59. The summed E-state index contributed by atoms with van der Waals surface area (Å²) >= 11 is 0. The molecule has 0 spiro atoms. The molecule has 0 radical (unpaired) electrons. The topological polar surface area (TPSA) is 98.5 Å². The lowest BCUT2D eigenvalue weighted by Gasteiger charge is -2.11. The SMILES string of the molecule is COc1cc(NC(=O)c2cccc(C(F)(F)F)c2)ccc1S(N)(=O)=O. The fourth-order valence-corrected chi connectivity index (χ4v) is 2.70. The average Bonchev–Trinajstić information content (AvgIpc) is 2.53. The number of nitrogens with two attached hydrogens (primary N) is 1.